The van der Waals surface area contributed by atoms with Gasteiger partial charge in [0.2, 0.25) is 15.9 Å². The van der Waals surface area contributed by atoms with Crippen LogP contribution in [0.1, 0.15) is 39.0 Å². The lowest BCUT2D eigenvalue weighted by Gasteiger charge is -2.38. The van der Waals surface area contributed by atoms with E-state index in [9.17, 15) is 18.3 Å². The SMILES string of the molecule is CCCS(=O)(=O)N1CCCC(O)(CCC(=O)NC)C1. The monoisotopic (exact) mass is 292 g/mol. The quantitative estimate of drug-likeness (QED) is 0.726. The molecule has 1 saturated heterocycles. The van der Waals surface area contributed by atoms with Crippen molar-refractivity contribution in [2.75, 3.05) is 25.9 Å². The maximum Gasteiger partial charge on any atom is 0.219 e. The second kappa shape index (κ2) is 6.67. The number of sulfonamides is 1. The smallest absolute Gasteiger partial charge is 0.219 e. The summed E-state index contributed by atoms with van der Waals surface area (Å²) >= 11 is 0. The van der Waals surface area contributed by atoms with Crippen LogP contribution in [0.5, 0.6) is 0 Å². The lowest BCUT2D eigenvalue weighted by atomic mass is 9.89. The molecule has 6 nitrogen and oxygen atoms in total. The van der Waals surface area contributed by atoms with Gasteiger partial charge in [0, 0.05) is 26.6 Å². The summed E-state index contributed by atoms with van der Waals surface area (Å²) in [5, 5.41) is 12.9. The number of hydrogen-bond acceptors (Lipinski definition) is 4. The fourth-order valence-electron chi connectivity index (χ4n) is 2.37. The van der Waals surface area contributed by atoms with Crippen LogP contribution >= 0.6 is 0 Å². The molecule has 1 aliphatic heterocycles. The molecule has 0 bridgehead atoms. The highest BCUT2D eigenvalue weighted by Crippen LogP contribution is 2.27. The summed E-state index contributed by atoms with van der Waals surface area (Å²) in [5.74, 6) is -0.0274. The van der Waals surface area contributed by atoms with Gasteiger partial charge in [-0.2, -0.15) is 4.31 Å². The van der Waals surface area contributed by atoms with Gasteiger partial charge >= 0.3 is 0 Å². The lowest BCUT2D eigenvalue weighted by molar-refractivity contribution is -0.122. The Morgan fingerprint density at radius 3 is 2.74 bits per heavy atom. The first kappa shape index (κ1) is 16.4. The average molecular weight is 292 g/mol. The van der Waals surface area contributed by atoms with E-state index in [0.29, 0.717) is 32.2 Å². The molecule has 1 rings (SSSR count). The number of carbonyl (C=O) groups is 1. The molecule has 19 heavy (non-hydrogen) atoms. The van der Waals surface area contributed by atoms with Crippen molar-refractivity contribution in [1.82, 2.24) is 9.62 Å². The van der Waals surface area contributed by atoms with Crippen LogP contribution in [0, 0.1) is 0 Å². The van der Waals surface area contributed by atoms with E-state index in [-0.39, 0.29) is 24.6 Å². The maximum absolute atomic E-state index is 12.0. The molecule has 0 aromatic heterocycles. The lowest BCUT2D eigenvalue weighted by Crippen LogP contribution is -2.51. The molecule has 0 saturated carbocycles. The van der Waals surface area contributed by atoms with Gasteiger partial charge in [-0.05, 0) is 25.7 Å². The molecule has 1 fully saturated rings. The van der Waals surface area contributed by atoms with E-state index in [1.165, 1.54) is 4.31 Å². The molecular weight excluding hydrogens is 268 g/mol. The third-order valence-electron chi connectivity index (χ3n) is 3.47. The van der Waals surface area contributed by atoms with Crippen molar-refractivity contribution in [1.29, 1.82) is 0 Å². The molecule has 112 valence electrons. The van der Waals surface area contributed by atoms with Crippen LogP contribution in [0.15, 0.2) is 0 Å². The minimum absolute atomic E-state index is 0.103. The predicted octanol–water partition coefficient (Wildman–Crippen LogP) is 0.0793. The average Bonchev–Trinajstić information content (AvgIpc) is 2.36. The van der Waals surface area contributed by atoms with Crippen molar-refractivity contribution in [3.8, 4) is 0 Å². The van der Waals surface area contributed by atoms with Gasteiger partial charge < -0.3 is 10.4 Å². The minimum Gasteiger partial charge on any atom is -0.388 e. The minimum atomic E-state index is -3.28. The molecule has 0 aromatic carbocycles. The van der Waals surface area contributed by atoms with Crippen molar-refractivity contribution >= 4 is 15.9 Å². The third-order valence-corrected chi connectivity index (χ3v) is 5.49. The molecule has 2 N–H and O–H groups in total. The normalized spacial score (nSPS) is 25.2. The summed E-state index contributed by atoms with van der Waals surface area (Å²) in [6.45, 7) is 2.39. The summed E-state index contributed by atoms with van der Waals surface area (Å²) < 4.78 is 25.4. The van der Waals surface area contributed by atoms with Crippen LogP contribution in [0.3, 0.4) is 0 Å². The van der Waals surface area contributed by atoms with Gasteiger partial charge in [-0.15, -0.1) is 0 Å². The second-order valence-corrected chi connectivity index (χ2v) is 7.24. The molecule has 7 heteroatoms. The van der Waals surface area contributed by atoms with Crippen molar-refractivity contribution in [3.63, 3.8) is 0 Å². The Balaban J connectivity index is 2.65. The molecule has 1 aliphatic rings. The summed E-state index contributed by atoms with van der Waals surface area (Å²) in [6.07, 6.45) is 2.25. The van der Waals surface area contributed by atoms with Crippen LogP contribution in [-0.4, -0.2) is 55.2 Å². The number of carbonyl (C=O) groups excluding carboxylic acids is 1. The van der Waals surface area contributed by atoms with E-state index < -0.39 is 15.6 Å². The summed E-state index contributed by atoms with van der Waals surface area (Å²) in [7, 11) is -1.73. The van der Waals surface area contributed by atoms with Gasteiger partial charge in [0.15, 0.2) is 0 Å². The third kappa shape index (κ3) is 4.74. The number of piperidine rings is 1. The fourth-order valence-corrected chi connectivity index (χ4v) is 3.99. The van der Waals surface area contributed by atoms with Crippen LogP contribution < -0.4 is 5.32 Å². The molecule has 0 aliphatic carbocycles. The number of aliphatic hydroxyl groups is 1. The Morgan fingerprint density at radius 2 is 2.16 bits per heavy atom. The van der Waals surface area contributed by atoms with E-state index in [4.69, 9.17) is 0 Å². The molecule has 0 aromatic rings. The Kier molecular flexibility index (Phi) is 5.76. The van der Waals surface area contributed by atoms with E-state index >= 15 is 0 Å². The Bertz CT molecular complexity index is 410. The van der Waals surface area contributed by atoms with Crippen molar-refractivity contribution in [2.24, 2.45) is 0 Å². The highest BCUT2D eigenvalue weighted by Gasteiger charge is 2.37. The van der Waals surface area contributed by atoms with Gasteiger partial charge in [0.25, 0.3) is 0 Å². The molecule has 1 unspecified atom stereocenters. The van der Waals surface area contributed by atoms with Crippen molar-refractivity contribution in [3.05, 3.63) is 0 Å². The zero-order valence-electron chi connectivity index (χ0n) is 11.7. The number of β-amino-alcohol motifs (C(OH)–C–C–N with tert-alkyl or cyclic N) is 1. The number of rotatable bonds is 6. The van der Waals surface area contributed by atoms with Crippen LogP contribution in [-0.2, 0) is 14.8 Å². The van der Waals surface area contributed by atoms with Gasteiger partial charge in [-0.3, -0.25) is 4.79 Å². The highest BCUT2D eigenvalue weighted by atomic mass is 32.2. The number of nitrogens with one attached hydrogen (secondary N) is 1. The van der Waals surface area contributed by atoms with Gasteiger partial charge in [0.05, 0.1) is 11.4 Å². The first-order valence-electron chi connectivity index (χ1n) is 6.74. The first-order chi connectivity index (χ1) is 8.83. The van der Waals surface area contributed by atoms with Crippen LogP contribution in [0.4, 0.5) is 0 Å². The Labute approximate surface area is 115 Å². The topological polar surface area (TPSA) is 86.7 Å². The van der Waals surface area contributed by atoms with Crippen LogP contribution in [0.25, 0.3) is 0 Å². The number of hydrogen-bond donors (Lipinski definition) is 2. The van der Waals surface area contributed by atoms with E-state index in [0.717, 1.165) is 0 Å². The molecule has 1 amide bonds. The fraction of sp³-hybridized carbons (Fsp3) is 0.917. The summed E-state index contributed by atoms with van der Waals surface area (Å²) in [6, 6.07) is 0. The van der Waals surface area contributed by atoms with Crippen molar-refractivity contribution < 1.29 is 18.3 Å². The standard InChI is InChI=1S/C12H24N2O4S/c1-3-9-19(17,18)14-8-4-6-12(16,10-14)7-5-11(15)13-2/h16H,3-10H2,1-2H3,(H,13,15). The maximum atomic E-state index is 12.0. The number of amides is 1. The zero-order valence-corrected chi connectivity index (χ0v) is 12.5. The second-order valence-electron chi connectivity index (χ2n) is 5.15. The molecule has 0 radical (unpaired) electrons. The van der Waals surface area contributed by atoms with Gasteiger partial charge in [-0.1, -0.05) is 6.92 Å². The number of nitrogens with zero attached hydrogens (tertiary/aromatic N) is 1. The zero-order chi connectivity index (χ0) is 14.5. The van der Waals surface area contributed by atoms with Crippen molar-refractivity contribution in [2.45, 2.75) is 44.6 Å². The first-order valence-corrected chi connectivity index (χ1v) is 8.35. The van der Waals surface area contributed by atoms with Crippen LogP contribution in [0.2, 0.25) is 0 Å². The molecule has 1 atom stereocenters. The van der Waals surface area contributed by atoms with E-state index in [1.807, 2.05) is 6.92 Å². The molecule has 0 spiro atoms. The molecule has 1 heterocycles. The summed E-state index contributed by atoms with van der Waals surface area (Å²) in [4.78, 5) is 11.2. The summed E-state index contributed by atoms with van der Waals surface area (Å²) in [5.41, 5.74) is -1.08. The highest BCUT2D eigenvalue weighted by molar-refractivity contribution is 7.89. The van der Waals surface area contributed by atoms with Gasteiger partial charge in [0.1, 0.15) is 0 Å². The Hall–Kier alpha value is -0.660. The van der Waals surface area contributed by atoms with Gasteiger partial charge in [-0.25, -0.2) is 8.42 Å². The largest absolute Gasteiger partial charge is 0.388 e. The Morgan fingerprint density at radius 1 is 1.47 bits per heavy atom. The predicted molar refractivity (Wildman–Crippen MR) is 73.1 cm³/mol. The van der Waals surface area contributed by atoms with E-state index in [2.05, 4.69) is 5.32 Å². The van der Waals surface area contributed by atoms with E-state index in [1.54, 1.807) is 7.05 Å². The molecular formula is C12H24N2O4S.